The van der Waals surface area contributed by atoms with Crippen molar-refractivity contribution in [3.8, 4) is 11.1 Å². The van der Waals surface area contributed by atoms with Gasteiger partial charge >= 0.3 is 0 Å². The minimum Gasteiger partial charge on any atom is -0.348 e. The third-order valence-corrected chi connectivity index (χ3v) is 8.34. The Hall–Kier alpha value is -3.59. The van der Waals surface area contributed by atoms with Crippen LogP contribution >= 0.6 is 0 Å². The predicted octanol–water partition coefficient (Wildman–Crippen LogP) is 3.64. The Morgan fingerprint density at radius 1 is 1.02 bits per heavy atom. The normalized spacial score (nSPS) is 19.1. The lowest BCUT2D eigenvalue weighted by atomic mass is 10.00. The number of rotatable bonds is 9. The number of carbonyl (C=O) groups is 2. The van der Waals surface area contributed by atoms with Gasteiger partial charge in [0.15, 0.2) is 0 Å². The fraction of sp³-hybridized carbons (Fsp3) is 0.394. The minimum atomic E-state index is -0.272. The number of hydrogen-bond acceptors (Lipinski definition) is 4. The molecule has 7 nitrogen and oxygen atoms in total. The summed E-state index contributed by atoms with van der Waals surface area (Å²) in [7, 11) is 2.20. The number of piperazine rings is 2. The summed E-state index contributed by atoms with van der Waals surface area (Å²) in [6, 6.07) is 21.4. The zero-order valence-electron chi connectivity index (χ0n) is 24.1. The van der Waals surface area contributed by atoms with E-state index in [9.17, 15) is 14.0 Å². The molecule has 2 aliphatic rings. The lowest BCUT2D eigenvalue weighted by molar-refractivity contribution is -0.926. The van der Waals surface area contributed by atoms with Crippen molar-refractivity contribution in [3.05, 3.63) is 94.8 Å². The van der Waals surface area contributed by atoms with Gasteiger partial charge in [-0.05, 0) is 53.9 Å². The molecule has 8 heteroatoms. The van der Waals surface area contributed by atoms with Crippen molar-refractivity contribution in [2.75, 3.05) is 52.9 Å². The molecule has 2 heterocycles. The average molecular weight is 559 g/mol. The summed E-state index contributed by atoms with van der Waals surface area (Å²) < 4.78 is 15.8. The Morgan fingerprint density at radius 3 is 2.59 bits per heavy atom. The maximum Gasteiger partial charge on any atom is 0.251 e. The van der Waals surface area contributed by atoms with Gasteiger partial charge in [-0.25, -0.2) is 4.39 Å². The molecule has 2 amide bonds. The molecule has 0 aromatic heterocycles. The summed E-state index contributed by atoms with van der Waals surface area (Å²) in [6.07, 6.45) is 0.921. The van der Waals surface area contributed by atoms with Gasteiger partial charge < -0.3 is 20.0 Å². The maximum absolute atomic E-state index is 14.9. The van der Waals surface area contributed by atoms with Gasteiger partial charge in [0.2, 0.25) is 6.41 Å². The largest absolute Gasteiger partial charge is 0.348 e. The zero-order chi connectivity index (χ0) is 28.8. The van der Waals surface area contributed by atoms with Crippen molar-refractivity contribution in [2.45, 2.75) is 32.6 Å². The second-order valence-electron chi connectivity index (χ2n) is 11.9. The van der Waals surface area contributed by atoms with Crippen LogP contribution < -0.4 is 10.6 Å². The lowest BCUT2D eigenvalue weighted by Crippen LogP contribution is -2.56. The zero-order valence-corrected chi connectivity index (χ0v) is 24.1. The number of nitrogens with zero attached hydrogens (tertiary/aromatic N) is 3. The second kappa shape index (κ2) is 12.9. The molecule has 0 bridgehead atoms. The van der Waals surface area contributed by atoms with Crippen LogP contribution in [0.3, 0.4) is 0 Å². The van der Waals surface area contributed by atoms with Crippen LogP contribution in [0.1, 0.15) is 34.0 Å². The van der Waals surface area contributed by atoms with Gasteiger partial charge in [0.25, 0.3) is 5.91 Å². The molecule has 41 heavy (non-hydrogen) atoms. The van der Waals surface area contributed by atoms with Crippen molar-refractivity contribution in [2.24, 2.45) is 0 Å². The van der Waals surface area contributed by atoms with E-state index >= 15 is 0 Å². The molecular formula is C33H41FN5O2+. The number of carbonyl (C=O) groups excluding carboxylic acids is 2. The van der Waals surface area contributed by atoms with Crippen LogP contribution in [0.25, 0.3) is 11.1 Å². The monoisotopic (exact) mass is 558 g/mol. The third-order valence-electron chi connectivity index (χ3n) is 8.34. The van der Waals surface area contributed by atoms with E-state index in [1.807, 2.05) is 41.3 Å². The van der Waals surface area contributed by atoms with E-state index in [1.54, 1.807) is 6.07 Å². The summed E-state index contributed by atoms with van der Waals surface area (Å²) in [4.78, 5) is 28.4. The van der Waals surface area contributed by atoms with Crippen LogP contribution in [0.5, 0.6) is 0 Å². The molecule has 0 aliphatic carbocycles. The van der Waals surface area contributed by atoms with Gasteiger partial charge in [0.05, 0.1) is 33.2 Å². The number of amides is 2. The summed E-state index contributed by atoms with van der Waals surface area (Å²) in [6.45, 7) is 10.4. The van der Waals surface area contributed by atoms with Gasteiger partial charge in [-0.2, -0.15) is 0 Å². The third kappa shape index (κ3) is 7.58. The molecule has 1 atom stereocenters. The lowest BCUT2D eigenvalue weighted by Gasteiger charge is -2.41. The fourth-order valence-corrected chi connectivity index (χ4v) is 5.92. The number of nitrogens with one attached hydrogen (secondary N) is 2. The minimum absolute atomic E-state index is 0.154. The van der Waals surface area contributed by atoms with E-state index in [1.165, 1.54) is 6.07 Å². The standard InChI is InChI=1S/C33H40FN5O2/c1-25-21-38(12-11-35-25)22-27-5-3-7-29(17-27)31-19-26(9-10-32(31)34)20-36-33(41)30-8-4-6-28(18-30)23-39(2)15-13-37(24-40)14-16-39/h3-10,17-19,24-25,35H,11-16,20-23H2,1-2H3/p+1/t25-/m0/s1. The highest BCUT2D eigenvalue weighted by Crippen LogP contribution is 2.26. The highest BCUT2D eigenvalue weighted by molar-refractivity contribution is 5.94. The van der Waals surface area contributed by atoms with E-state index in [-0.39, 0.29) is 11.7 Å². The highest BCUT2D eigenvalue weighted by atomic mass is 19.1. The Morgan fingerprint density at radius 2 is 1.80 bits per heavy atom. The molecule has 2 fully saturated rings. The topological polar surface area (TPSA) is 64.7 Å². The molecule has 2 saturated heterocycles. The SMILES string of the molecule is C[C@H]1CN(Cc2cccc(-c3cc(CNC(=O)c4cccc(C[N+]5(C)CCN(C=O)CC5)c4)ccc3F)c2)CCN1. The van der Waals surface area contributed by atoms with E-state index in [2.05, 4.69) is 47.7 Å². The summed E-state index contributed by atoms with van der Waals surface area (Å²) in [5, 5.41) is 6.48. The molecule has 2 aliphatic heterocycles. The van der Waals surface area contributed by atoms with E-state index in [0.29, 0.717) is 23.7 Å². The van der Waals surface area contributed by atoms with Crippen LogP contribution in [0.4, 0.5) is 4.39 Å². The molecule has 0 spiro atoms. The average Bonchev–Trinajstić information content (AvgIpc) is 2.97. The highest BCUT2D eigenvalue weighted by Gasteiger charge is 2.28. The number of halogens is 1. The Balaban J connectivity index is 1.22. The first-order valence-electron chi connectivity index (χ1n) is 14.5. The van der Waals surface area contributed by atoms with Crippen LogP contribution in [0, 0.1) is 5.82 Å². The maximum atomic E-state index is 14.9. The molecule has 3 aromatic carbocycles. The van der Waals surface area contributed by atoms with Crippen LogP contribution in [0.15, 0.2) is 66.7 Å². The smallest absolute Gasteiger partial charge is 0.251 e. The molecule has 0 unspecified atom stereocenters. The van der Waals surface area contributed by atoms with E-state index in [0.717, 1.165) is 92.0 Å². The van der Waals surface area contributed by atoms with E-state index in [4.69, 9.17) is 0 Å². The first kappa shape index (κ1) is 28.9. The molecule has 5 rings (SSSR count). The molecule has 3 aromatic rings. The van der Waals surface area contributed by atoms with Crippen molar-refractivity contribution >= 4 is 12.3 Å². The summed E-state index contributed by atoms with van der Waals surface area (Å²) in [5.74, 6) is -0.426. The second-order valence-corrected chi connectivity index (χ2v) is 11.9. The number of quaternary nitrogens is 1. The molecular weight excluding hydrogens is 517 g/mol. The van der Waals surface area contributed by atoms with Crippen molar-refractivity contribution in [1.29, 1.82) is 0 Å². The molecule has 0 saturated carbocycles. The first-order valence-corrected chi connectivity index (χ1v) is 14.5. The number of likely N-dealkylation sites (N-methyl/N-ethyl adjacent to an activating group) is 1. The van der Waals surface area contributed by atoms with Crippen LogP contribution in [0.2, 0.25) is 0 Å². The summed E-state index contributed by atoms with van der Waals surface area (Å²) in [5.41, 5.74) is 5.10. The molecule has 2 N–H and O–H groups in total. The van der Waals surface area contributed by atoms with Gasteiger partial charge in [-0.3, -0.25) is 14.5 Å². The summed E-state index contributed by atoms with van der Waals surface area (Å²) >= 11 is 0. The fourth-order valence-electron chi connectivity index (χ4n) is 5.92. The van der Waals surface area contributed by atoms with Gasteiger partial charge in [0.1, 0.15) is 12.4 Å². The quantitative estimate of drug-likeness (QED) is 0.311. The molecule has 0 radical (unpaired) electrons. The Bertz CT molecular complexity index is 1370. The van der Waals surface area contributed by atoms with Crippen molar-refractivity contribution in [1.82, 2.24) is 20.4 Å². The van der Waals surface area contributed by atoms with Crippen LogP contribution in [-0.2, 0) is 24.4 Å². The Kier molecular flexibility index (Phi) is 9.12. The van der Waals surface area contributed by atoms with Gasteiger partial charge in [-0.15, -0.1) is 0 Å². The first-order chi connectivity index (χ1) is 19.8. The van der Waals surface area contributed by atoms with Gasteiger partial charge in [0, 0.05) is 55.5 Å². The molecule has 216 valence electrons. The predicted molar refractivity (Wildman–Crippen MR) is 159 cm³/mol. The van der Waals surface area contributed by atoms with Crippen molar-refractivity contribution in [3.63, 3.8) is 0 Å². The van der Waals surface area contributed by atoms with E-state index < -0.39 is 0 Å². The number of benzene rings is 3. The van der Waals surface area contributed by atoms with Gasteiger partial charge in [-0.1, -0.05) is 36.4 Å². The van der Waals surface area contributed by atoms with Crippen LogP contribution in [-0.4, -0.2) is 85.5 Å². The Labute approximate surface area is 242 Å². The van der Waals surface area contributed by atoms with Crippen molar-refractivity contribution < 1.29 is 18.5 Å². The number of hydrogen-bond donors (Lipinski definition) is 2.